The van der Waals surface area contributed by atoms with E-state index in [1.54, 1.807) is 7.11 Å². The van der Waals surface area contributed by atoms with Gasteiger partial charge in [0.15, 0.2) is 0 Å². The number of nitrogens with one attached hydrogen (secondary N) is 1. The van der Waals surface area contributed by atoms with Gasteiger partial charge in [0.25, 0.3) is 0 Å². The van der Waals surface area contributed by atoms with Gasteiger partial charge in [0.05, 0.1) is 0 Å². The maximum Gasteiger partial charge on any atom is 0.107 e. The second kappa shape index (κ2) is 4.12. The summed E-state index contributed by atoms with van der Waals surface area (Å²) in [5, 5.41) is 4.16. The molecule has 1 saturated heterocycles. The molecule has 0 bridgehead atoms. The van der Waals surface area contributed by atoms with Crippen molar-refractivity contribution >= 4 is 11.6 Å². The fourth-order valence-corrected chi connectivity index (χ4v) is 2.46. The summed E-state index contributed by atoms with van der Waals surface area (Å²) in [6.07, 6.45) is 1.00. The zero-order chi connectivity index (χ0) is 10.9. The molecule has 0 saturated carbocycles. The highest BCUT2D eigenvalue weighted by Gasteiger charge is 2.36. The van der Waals surface area contributed by atoms with Crippen LogP contribution in [0.4, 0.5) is 0 Å². The quantitative estimate of drug-likeness (QED) is 0.835. The molecule has 0 radical (unpaired) electrons. The molecule has 2 nitrogen and oxygen atoms in total. The van der Waals surface area contributed by atoms with E-state index in [2.05, 4.69) is 18.3 Å². The predicted molar refractivity (Wildman–Crippen MR) is 62.4 cm³/mol. The van der Waals surface area contributed by atoms with E-state index in [0.29, 0.717) is 0 Å². The molecule has 0 aromatic heterocycles. The van der Waals surface area contributed by atoms with E-state index in [-0.39, 0.29) is 5.60 Å². The molecule has 0 spiro atoms. The normalized spacial score (nSPS) is 25.8. The molecule has 1 aromatic rings. The average Bonchev–Trinajstić information content (AvgIpc) is 2.72. The molecule has 1 aromatic carbocycles. The molecule has 82 valence electrons. The standard InChI is InChI=1S/C12H16ClNO/c1-9-10(4-3-5-11(9)13)12(15-2)6-7-14-8-12/h3-5,14H,6-8H2,1-2H3. The molecular weight excluding hydrogens is 210 g/mol. The topological polar surface area (TPSA) is 21.3 Å². The second-order valence-corrected chi connectivity index (χ2v) is 4.44. The molecule has 15 heavy (non-hydrogen) atoms. The van der Waals surface area contributed by atoms with Gasteiger partial charge in [0.2, 0.25) is 0 Å². The minimum absolute atomic E-state index is 0.186. The smallest absolute Gasteiger partial charge is 0.107 e. The van der Waals surface area contributed by atoms with Gasteiger partial charge in [-0.2, -0.15) is 0 Å². The third-order valence-corrected chi connectivity index (χ3v) is 3.67. The summed E-state index contributed by atoms with van der Waals surface area (Å²) >= 11 is 6.14. The molecule has 1 fully saturated rings. The average molecular weight is 226 g/mol. The van der Waals surface area contributed by atoms with Gasteiger partial charge in [-0.15, -0.1) is 0 Å². The summed E-state index contributed by atoms with van der Waals surface area (Å²) in [7, 11) is 1.77. The van der Waals surface area contributed by atoms with Crippen molar-refractivity contribution in [3.8, 4) is 0 Å². The highest BCUT2D eigenvalue weighted by Crippen LogP contribution is 2.35. The van der Waals surface area contributed by atoms with Crippen LogP contribution in [-0.4, -0.2) is 20.2 Å². The minimum Gasteiger partial charge on any atom is -0.372 e. The Labute approximate surface area is 95.6 Å². The number of hydrogen-bond donors (Lipinski definition) is 1. The molecule has 0 aliphatic carbocycles. The lowest BCUT2D eigenvalue weighted by Crippen LogP contribution is -2.31. The van der Waals surface area contributed by atoms with Crippen molar-refractivity contribution in [1.82, 2.24) is 5.32 Å². The largest absolute Gasteiger partial charge is 0.372 e. The van der Waals surface area contributed by atoms with Gasteiger partial charge in [-0.05, 0) is 37.1 Å². The van der Waals surface area contributed by atoms with Gasteiger partial charge in [-0.3, -0.25) is 0 Å². The Hall–Kier alpha value is -0.570. The molecule has 1 atom stereocenters. The van der Waals surface area contributed by atoms with E-state index in [1.165, 1.54) is 5.56 Å². The predicted octanol–water partition coefficient (Wildman–Crippen LogP) is 2.48. The van der Waals surface area contributed by atoms with Crippen molar-refractivity contribution in [2.75, 3.05) is 20.2 Å². The Morgan fingerprint density at radius 1 is 1.47 bits per heavy atom. The first kappa shape index (κ1) is 10.9. The highest BCUT2D eigenvalue weighted by atomic mass is 35.5. The van der Waals surface area contributed by atoms with Crippen molar-refractivity contribution in [3.63, 3.8) is 0 Å². The van der Waals surface area contributed by atoms with Gasteiger partial charge >= 0.3 is 0 Å². The SMILES string of the molecule is COC1(c2cccc(Cl)c2C)CCNC1. The van der Waals surface area contributed by atoms with Crippen LogP contribution in [0.2, 0.25) is 5.02 Å². The van der Waals surface area contributed by atoms with Crippen LogP contribution >= 0.6 is 11.6 Å². The Morgan fingerprint density at radius 2 is 2.27 bits per heavy atom. The van der Waals surface area contributed by atoms with Crippen LogP contribution in [0.5, 0.6) is 0 Å². The molecule has 1 heterocycles. The Kier molecular flexibility index (Phi) is 3.01. The number of rotatable bonds is 2. The van der Waals surface area contributed by atoms with Crippen molar-refractivity contribution in [2.45, 2.75) is 18.9 Å². The fourth-order valence-electron chi connectivity index (χ4n) is 2.28. The lowest BCUT2D eigenvalue weighted by molar-refractivity contribution is 0.00275. The van der Waals surface area contributed by atoms with E-state index < -0.39 is 0 Å². The monoisotopic (exact) mass is 225 g/mol. The summed E-state index contributed by atoms with van der Waals surface area (Å²) in [4.78, 5) is 0. The Balaban J connectivity index is 2.47. The second-order valence-electron chi connectivity index (χ2n) is 4.04. The van der Waals surface area contributed by atoms with E-state index in [4.69, 9.17) is 16.3 Å². The number of ether oxygens (including phenoxy) is 1. The van der Waals surface area contributed by atoms with Gasteiger partial charge < -0.3 is 10.1 Å². The first-order valence-corrected chi connectivity index (χ1v) is 5.59. The van der Waals surface area contributed by atoms with Crippen molar-refractivity contribution < 1.29 is 4.74 Å². The van der Waals surface area contributed by atoms with E-state index in [1.807, 2.05) is 12.1 Å². The van der Waals surface area contributed by atoms with Crippen molar-refractivity contribution in [3.05, 3.63) is 34.3 Å². The van der Waals surface area contributed by atoms with Gasteiger partial charge in [0.1, 0.15) is 5.60 Å². The summed E-state index contributed by atoms with van der Waals surface area (Å²) in [5.41, 5.74) is 2.15. The highest BCUT2D eigenvalue weighted by molar-refractivity contribution is 6.31. The van der Waals surface area contributed by atoms with Gasteiger partial charge in [-0.1, -0.05) is 23.7 Å². The maximum atomic E-state index is 6.14. The van der Waals surface area contributed by atoms with E-state index >= 15 is 0 Å². The number of halogens is 1. The van der Waals surface area contributed by atoms with Crippen LogP contribution < -0.4 is 5.32 Å². The lowest BCUT2D eigenvalue weighted by atomic mass is 9.89. The van der Waals surface area contributed by atoms with Crippen LogP contribution in [-0.2, 0) is 10.3 Å². The number of hydrogen-bond acceptors (Lipinski definition) is 2. The molecular formula is C12H16ClNO. The van der Waals surface area contributed by atoms with E-state index in [0.717, 1.165) is 30.1 Å². The first-order chi connectivity index (χ1) is 7.19. The zero-order valence-electron chi connectivity index (χ0n) is 9.14. The Bertz CT molecular complexity index is 359. The number of methoxy groups -OCH3 is 1. The van der Waals surface area contributed by atoms with Gasteiger partial charge in [0, 0.05) is 18.7 Å². The zero-order valence-corrected chi connectivity index (χ0v) is 9.90. The van der Waals surface area contributed by atoms with Crippen LogP contribution in [0.3, 0.4) is 0 Å². The summed E-state index contributed by atoms with van der Waals surface area (Å²) in [5.74, 6) is 0. The molecule has 1 aliphatic heterocycles. The molecule has 2 rings (SSSR count). The van der Waals surface area contributed by atoms with E-state index in [9.17, 15) is 0 Å². The third kappa shape index (κ3) is 1.78. The fraction of sp³-hybridized carbons (Fsp3) is 0.500. The summed E-state index contributed by atoms with van der Waals surface area (Å²) in [6, 6.07) is 6.02. The molecule has 1 N–H and O–H groups in total. The van der Waals surface area contributed by atoms with Crippen molar-refractivity contribution in [1.29, 1.82) is 0 Å². The third-order valence-electron chi connectivity index (χ3n) is 3.27. The van der Waals surface area contributed by atoms with Crippen LogP contribution in [0.1, 0.15) is 17.5 Å². The van der Waals surface area contributed by atoms with Crippen molar-refractivity contribution in [2.24, 2.45) is 0 Å². The Morgan fingerprint density at radius 3 is 2.87 bits per heavy atom. The summed E-state index contributed by atoms with van der Waals surface area (Å²) in [6.45, 7) is 3.92. The van der Waals surface area contributed by atoms with Crippen LogP contribution in [0.15, 0.2) is 18.2 Å². The van der Waals surface area contributed by atoms with Gasteiger partial charge in [-0.25, -0.2) is 0 Å². The van der Waals surface area contributed by atoms with Crippen LogP contribution in [0.25, 0.3) is 0 Å². The maximum absolute atomic E-state index is 6.14. The lowest BCUT2D eigenvalue weighted by Gasteiger charge is -2.29. The molecule has 0 amide bonds. The summed E-state index contributed by atoms with van der Waals surface area (Å²) < 4.78 is 5.70. The molecule has 1 aliphatic rings. The minimum atomic E-state index is -0.186. The van der Waals surface area contributed by atoms with Crippen LogP contribution in [0, 0.1) is 6.92 Å². The molecule has 1 unspecified atom stereocenters. The number of benzene rings is 1. The first-order valence-electron chi connectivity index (χ1n) is 5.21. The molecule has 3 heteroatoms.